The van der Waals surface area contributed by atoms with E-state index in [0.717, 1.165) is 13.0 Å². The summed E-state index contributed by atoms with van der Waals surface area (Å²) in [6.07, 6.45) is -3.74. The van der Waals surface area contributed by atoms with Crippen molar-refractivity contribution >= 4 is 38.8 Å². The second-order valence-electron chi connectivity index (χ2n) is 7.57. The van der Waals surface area contributed by atoms with Crippen LogP contribution in [0, 0.1) is 19.8 Å². The lowest BCUT2D eigenvalue weighted by Gasteiger charge is -2.16. The summed E-state index contributed by atoms with van der Waals surface area (Å²) < 4.78 is 75.7. The van der Waals surface area contributed by atoms with Crippen LogP contribution in [0.1, 0.15) is 27.3 Å². The van der Waals surface area contributed by atoms with Crippen LogP contribution in [-0.4, -0.2) is 43.3 Å². The Hall–Kier alpha value is -3.65. The van der Waals surface area contributed by atoms with E-state index in [-0.39, 0.29) is 22.0 Å². The molecule has 0 aliphatic carbocycles. The van der Waals surface area contributed by atoms with Crippen LogP contribution in [0.3, 0.4) is 0 Å². The van der Waals surface area contributed by atoms with Gasteiger partial charge in [0.1, 0.15) is 11.4 Å². The number of hydrogen-bond acceptors (Lipinski definition) is 7. The number of anilines is 1. The monoisotopic (exact) mass is 559 g/mol. The molecule has 1 N–H and O–H groups in total. The smallest absolute Gasteiger partial charge is 0.435 e. The number of aryl methyl sites for hydroxylation is 1. The highest BCUT2D eigenvalue weighted by Crippen LogP contribution is 2.35. The van der Waals surface area contributed by atoms with E-state index in [9.17, 15) is 31.4 Å². The third-order valence-electron chi connectivity index (χ3n) is 4.81. The minimum atomic E-state index is -4.93. The fourth-order valence-corrected chi connectivity index (χ4v) is 4.48. The number of carbonyl (C=O) groups excluding carboxylic acids is 2. The molecule has 0 radical (unpaired) electrons. The van der Waals surface area contributed by atoms with E-state index in [0.29, 0.717) is 0 Å². The van der Waals surface area contributed by atoms with Crippen molar-refractivity contribution in [3.05, 3.63) is 64.9 Å². The van der Waals surface area contributed by atoms with Gasteiger partial charge in [0.2, 0.25) is 5.95 Å². The summed E-state index contributed by atoms with van der Waals surface area (Å²) in [6, 6.07) is 7.54. The normalized spacial score (nSPS) is 13.0. The number of alkyl halides is 4. The van der Waals surface area contributed by atoms with Crippen molar-refractivity contribution in [3.63, 3.8) is 0 Å². The number of aromatic nitrogens is 3. The van der Waals surface area contributed by atoms with E-state index < -0.39 is 62.2 Å². The fraction of sp³-hybridized carbons (Fsp3) is 0.227. The maximum atomic E-state index is 13.5. The van der Waals surface area contributed by atoms with Crippen molar-refractivity contribution in [1.82, 2.24) is 15.2 Å². The van der Waals surface area contributed by atoms with Crippen molar-refractivity contribution in [2.45, 2.75) is 24.9 Å². The highest BCUT2D eigenvalue weighted by atomic mass is 35.5. The van der Waals surface area contributed by atoms with Crippen molar-refractivity contribution in [1.29, 1.82) is 0 Å². The predicted octanol–water partition coefficient (Wildman–Crippen LogP) is 4.91. The van der Waals surface area contributed by atoms with Crippen molar-refractivity contribution in [2.24, 2.45) is 4.36 Å². The lowest BCUT2D eigenvalue weighted by Crippen LogP contribution is -2.21. The maximum Gasteiger partial charge on any atom is 0.435 e. The van der Waals surface area contributed by atoms with Gasteiger partial charge >= 0.3 is 6.18 Å². The number of rotatable bonds is 6. The average Bonchev–Trinajstić information content (AvgIpc) is 2.80. The predicted molar refractivity (Wildman–Crippen MR) is 126 cm³/mol. The van der Waals surface area contributed by atoms with Gasteiger partial charge in [0.25, 0.3) is 17.7 Å². The van der Waals surface area contributed by atoms with Gasteiger partial charge in [-0.3, -0.25) is 9.59 Å². The first-order valence-electron chi connectivity index (χ1n) is 10.2. The zero-order valence-electron chi connectivity index (χ0n) is 19.4. The summed E-state index contributed by atoms with van der Waals surface area (Å²) in [7, 11) is -3.23. The molecule has 0 spiro atoms. The molecular formula is C22H18ClF4N5O4S. The quantitative estimate of drug-likeness (QED) is 0.258. The number of hydrogen-bond donors (Lipinski definition) is 1. The topological polar surface area (TPSA) is 124 Å². The summed E-state index contributed by atoms with van der Waals surface area (Å²) in [6.45, 7) is 2.40. The van der Waals surface area contributed by atoms with E-state index in [1.165, 1.54) is 43.5 Å². The van der Waals surface area contributed by atoms with Crippen LogP contribution in [-0.2, 0) is 20.7 Å². The molecule has 37 heavy (non-hydrogen) atoms. The van der Waals surface area contributed by atoms with E-state index in [1.54, 1.807) is 0 Å². The van der Waals surface area contributed by atoms with Crippen LogP contribution in [0.25, 0.3) is 0 Å². The molecule has 0 fully saturated rings. The molecule has 0 aliphatic rings. The van der Waals surface area contributed by atoms with Crippen LogP contribution in [0.4, 0.5) is 23.2 Å². The van der Waals surface area contributed by atoms with E-state index in [4.69, 9.17) is 16.3 Å². The van der Waals surface area contributed by atoms with Gasteiger partial charge in [-0.15, -0.1) is 21.8 Å². The van der Waals surface area contributed by atoms with Gasteiger partial charge in [-0.1, -0.05) is 6.07 Å². The molecule has 15 heteroatoms. The third kappa shape index (κ3) is 6.57. The number of amides is 2. The fourth-order valence-electron chi connectivity index (χ4n) is 3.11. The van der Waals surface area contributed by atoms with Crippen LogP contribution >= 0.6 is 11.6 Å². The van der Waals surface area contributed by atoms with Crippen molar-refractivity contribution in [2.75, 3.05) is 17.5 Å². The number of benzene rings is 1. The Labute approximate surface area is 213 Å². The van der Waals surface area contributed by atoms with Crippen LogP contribution in [0.15, 0.2) is 45.7 Å². The first-order valence-corrected chi connectivity index (χ1v) is 12.7. The molecule has 9 nitrogen and oxygen atoms in total. The summed E-state index contributed by atoms with van der Waals surface area (Å²) >= 11 is 5.41. The van der Waals surface area contributed by atoms with Crippen molar-refractivity contribution < 1.29 is 36.1 Å². The summed E-state index contributed by atoms with van der Waals surface area (Å²) in [5.41, 5.74) is -2.52. The molecule has 2 aromatic heterocycles. The van der Waals surface area contributed by atoms with Crippen LogP contribution in [0.5, 0.6) is 11.6 Å². The maximum absolute atomic E-state index is 13.5. The second-order valence-corrected chi connectivity index (χ2v) is 10.1. The number of carbonyl (C=O) groups is 2. The van der Waals surface area contributed by atoms with Gasteiger partial charge in [-0.05, 0) is 49.7 Å². The summed E-state index contributed by atoms with van der Waals surface area (Å²) in [4.78, 5) is 28.3. The molecule has 196 valence electrons. The Morgan fingerprint density at radius 1 is 1.16 bits per heavy atom. The standard InChI is InChI=1S/C22H18ClF4N5O4S/c1-11-18(20(34)29-13-5-4-6-14(9-13)37(3,35)32-17(33)10-23)21(31-30-19(11)22(25,26)27)36-15-7-8-16(24)28-12(15)2/h4-9H,10H2,1-3H3,(H,29,34)/t37-/m1/s1. The molecule has 3 aromatic rings. The second kappa shape index (κ2) is 10.8. The van der Waals surface area contributed by atoms with Crippen LogP contribution < -0.4 is 10.1 Å². The van der Waals surface area contributed by atoms with Gasteiger partial charge in [-0.25, -0.2) is 9.19 Å². The van der Waals surface area contributed by atoms with Crippen LogP contribution in [0.2, 0.25) is 0 Å². The van der Waals surface area contributed by atoms with Crippen molar-refractivity contribution in [3.8, 4) is 11.6 Å². The molecule has 0 saturated heterocycles. The van der Waals surface area contributed by atoms with E-state index in [2.05, 4.69) is 24.9 Å². The Balaban J connectivity index is 2.06. The largest absolute Gasteiger partial charge is 0.435 e. The molecule has 2 amide bonds. The van der Waals surface area contributed by atoms with Gasteiger partial charge in [0.05, 0.1) is 15.4 Å². The molecule has 0 bridgehead atoms. The number of ether oxygens (including phenoxy) is 1. The Bertz CT molecular complexity index is 1510. The number of nitrogens with zero attached hydrogens (tertiary/aromatic N) is 4. The minimum Gasteiger partial charge on any atom is -0.435 e. The SMILES string of the molecule is Cc1nc(F)ccc1Oc1nnc(C(F)(F)F)c(C)c1C(=O)Nc1cccc([S@@](C)(=O)=NC(=O)CCl)c1. The van der Waals surface area contributed by atoms with Gasteiger partial charge in [0, 0.05) is 16.8 Å². The lowest BCUT2D eigenvalue weighted by molar-refractivity contribution is -0.142. The molecule has 3 rings (SSSR count). The molecule has 1 aromatic carbocycles. The zero-order valence-corrected chi connectivity index (χ0v) is 21.0. The highest BCUT2D eigenvalue weighted by Gasteiger charge is 2.38. The zero-order chi connectivity index (χ0) is 27.5. The number of pyridine rings is 1. The Kier molecular flexibility index (Phi) is 8.12. The van der Waals surface area contributed by atoms with Gasteiger partial charge in [0.15, 0.2) is 11.4 Å². The summed E-state index contributed by atoms with van der Waals surface area (Å²) in [5.74, 6) is -3.82. The third-order valence-corrected chi connectivity index (χ3v) is 6.72. The number of nitrogens with one attached hydrogen (secondary N) is 1. The van der Waals surface area contributed by atoms with Gasteiger partial charge in [-0.2, -0.15) is 21.9 Å². The first-order chi connectivity index (χ1) is 17.2. The molecular weight excluding hydrogens is 542 g/mol. The molecule has 0 aliphatic heterocycles. The first kappa shape index (κ1) is 27.9. The summed E-state index contributed by atoms with van der Waals surface area (Å²) in [5, 5.41) is 9.00. The molecule has 0 unspecified atom stereocenters. The Morgan fingerprint density at radius 2 is 1.86 bits per heavy atom. The lowest BCUT2D eigenvalue weighted by atomic mass is 10.1. The highest BCUT2D eigenvalue weighted by molar-refractivity contribution is 7.93. The molecule has 1 atom stereocenters. The molecule has 0 saturated carbocycles. The average molecular weight is 560 g/mol. The molecule has 2 heterocycles. The van der Waals surface area contributed by atoms with E-state index >= 15 is 0 Å². The van der Waals surface area contributed by atoms with Gasteiger partial charge < -0.3 is 10.1 Å². The Morgan fingerprint density at radius 3 is 2.49 bits per heavy atom. The minimum absolute atomic E-state index is 0.0287. The van der Waals surface area contributed by atoms with E-state index in [1.807, 2.05) is 0 Å². The number of halogens is 5.